The first-order valence-corrected chi connectivity index (χ1v) is 4.87. The Bertz CT molecular complexity index is 530. The zero-order valence-electron chi connectivity index (χ0n) is 9.37. The number of hydrogen-bond acceptors (Lipinski definition) is 2. The molecule has 0 atom stereocenters. The summed E-state index contributed by atoms with van der Waals surface area (Å²) in [7, 11) is 0. The van der Waals surface area contributed by atoms with Gasteiger partial charge in [0.25, 0.3) is 0 Å². The largest absolute Gasteiger partial charge is 0.478 e. The van der Waals surface area contributed by atoms with Crippen LogP contribution in [0.1, 0.15) is 10.4 Å². The van der Waals surface area contributed by atoms with Gasteiger partial charge in [0.05, 0.1) is 5.56 Å². The minimum atomic E-state index is -0.966. The Hall–Kier alpha value is -1.71. The number of hydrogen-bond donors (Lipinski definition) is 2. The number of carbonyl (C=O) groups is 1. The van der Waals surface area contributed by atoms with Crippen LogP contribution >= 0.6 is 24.8 Å². The van der Waals surface area contributed by atoms with Gasteiger partial charge < -0.3 is 10.8 Å². The SMILES string of the molecule is Cl.Cl.Nc1cc(C(=O)O)ccc1-c1ccccc1. The molecule has 0 amide bonds. The second-order valence-corrected chi connectivity index (χ2v) is 3.47. The average Bonchev–Trinajstić information content (AvgIpc) is 2.30. The summed E-state index contributed by atoms with van der Waals surface area (Å²) in [6.07, 6.45) is 0. The fraction of sp³-hybridized carbons (Fsp3) is 0. The minimum Gasteiger partial charge on any atom is -0.478 e. The van der Waals surface area contributed by atoms with E-state index in [-0.39, 0.29) is 30.4 Å². The molecule has 2 aromatic rings. The molecule has 0 radical (unpaired) electrons. The number of carboxylic acid groups (broad SMARTS) is 1. The number of anilines is 1. The molecule has 96 valence electrons. The van der Waals surface area contributed by atoms with E-state index in [4.69, 9.17) is 10.8 Å². The van der Waals surface area contributed by atoms with E-state index in [2.05, 4.69) is 0 Å². The molecule has 3 N–H and O–H groups in total. The molecule has 0 unspecified atom stereocenters. The Balaban J connectivity index is 0.00000144. The summed E-state index contributed by atoms with van der Waals surface area (Å²) in [6.45, 7) is 0. The molecule has 0 saturated heterocycles. The zero-order chi connectivity index (χ0) is 11.5. The van der Waals surface area contributed by atoms with E-state index >= 15 is 0 Å². The summed E-state index contributed by atoms with van der Waals surface area (Å²) in [5.74, 6) is -0.966. The smallest absolute Gasteiger partial charge is 0.335 e. The fourth-order valence-electron chi connectivity index (χ4n) is 1.58. The van der Waals surface area contributed by atoms with Crippen LogP contribution in [0.4, 0.5) is 5.69 Å². The third kappa shape index (κ3) is 3.39. The van der Waals surface area contributed by atoms with Crippen molar-refractivity contribution in [1.82, 2.24) is 0 Å². The Labute approximate surface area is 117 Å². The van der Waals surface area contributed by atoms with Crippen LogP contribution in [0.3, 0.4) is 0 Å². The van der Waals surface area contributed by atoms with Gasteiger partial charge in [-0.25, -0.2) is 4.79 Å². The van der Waals surface area contributed by atoms with Gasteiger partial charge in [-0.1, -0.05) is 36.4 Å². The molecule has 2 rings (SSSR count). The lowest BCUT2D eigenvalue weighted by atomic mass is 10.0. The van der Waals surface area contributed by atoms with Gasteiger partial charge in [0.1, 0.15) is 0 Å². The average molecular weight is 286 g/mol. The third-order valence-electron chi connectivity index (χ3n) is 2.38. The van der Waals surface area contributed by atoms with E-state index in [9.17, 15) is 4.79 Å². The standard InChI is InChI=1S/C13H11NO2.2ClH/c14-12-8-10(13(15)16)6-7-11(12)9-4-2-1-3-5-9;;/h1-8H,14H2,(H,15,16);2*1H. The second kappa shape index (κ2) is 6.89. The Morgan fingerprint density at radius 3 is 2.11 bits per heavy atom. The molecule has 0 fully saturated rings. The summed E-state index contributed by atoms with van der Waals surface area (Å²) in [4.78, 5) is 10.7. The van der Waals surface area contributed by atoms with Crippen molar-refractivity contribution in [3.8, 4) is 11.1 Å². The third-order valence-corrected chi connectivity index (χ3v) is 2.38. The Kier molecular flexibility index (Phi) is 6.23. The molecule has 0 saturated carbocycles. The summed E-state index contributed by atoms with van der Waals surface area (Å²) >= 11 is 0. The predicted octanol–water partition coefficient (Wildman–Crippen LogP) is 3.48. The maximum atomic E-state index is 10.7. The van der Waals surface area contributed by atoms with E-state index in [1.165, 1.54) is 6.07 Å². The van der Waals surface area contributed by atoms with E-state index in [1.54, 1.807) is 12.1 Å². The second-order valence-electron chi connectivity index (χ2n) is 3.47. The monoisotopic (exact) mass is 285 g/mol. The van der Waals surface area contributed by atoms with Gasteiger partial charge in [0.2, 0.25) is 0 Å². The van der Waals surface area contributed by atoms with Crippen molar-refractivity contribution in [2.75, 3.05) is 5.73 Å². The van der Waals surface area contributed by atoms with Crippen molar-refractivity contribution < 1.29 is 9.90 Å². The highest BCUT2D eigenvalue weighted by Crippen LogP contribution is 2.26. The highest BCUT2D eigenvalue weighted by Gasteiger charge is 2.07. The van der Waals surface area contributed by atoms with Crippen molar-refractivity contribution in [1.29, 1.82) is 0 Å². The number of rotatable bonds is 2. The lowest BCUT2D eigenvalue weighted by Crippen LogP contribution is -1.99. The number of halogens is 2. The molecule has 0 aliphatic rings. The Morgan fingerprint density at radius 1 is 1.00 bits per heavy atom. The maximum Gasteiger partial charge on any atom is 0.335 e. The van der Waals surface area contributed by atoms with Gasteiger partial charge in [-0.3, -0.25) is 0 Å². The lowest BCUT2D eigenvalue weighted by molar-refractivity contribution is 0.0697. The van der Waals surface area contributed by atoms with Crippen LogP contribution in [0.15, 0.2) is 48.5 Å². The summed E-state index contributed by atoms with van der Waals surface area (Å²) < 4.78 is 0. The Morgan fingerprint density at radius 2 is 1.61 bits per heavy atom. The molecule has 0 bridgehead atoms. The van der Waals surface area contributed by atoms with E-state index in [0.717, 1.165) is 11.1 Å². The number of carboxylic acids is 1. The molecular weight excluding hydrogens is 273 g/mol. The van der Waals surface area contributed by atoms with E-state index in [0.29, 0.717) is 5.69 Å². The van der Waals surface area contributed by atoms with Gasteiger partial charge >= 0.3 is 5.97 Å². The highest BCUT2D eigenvalue weighted by atomic mass is 35.5. The van der Waals surface area contributed by atoms with Gasteiger partial charge in [-0.15, -0.1) is 24.8 Å². The van der Waals surface area contributed by atoms with Crippen LogP contribution in [0.25, 0.3) is 11.1 Å². The minimum absolute atomic E-state index is 0. The van der Waals surface area contributed by atoms with Crippen molar-refractivity contribution in [2.45, 2.75) is 0 Å². The molecule has 18 heavy (non-hydrogen) atoms. The molecule has 0 aliphatic carbocycles. The molecule has 0 aromatic heterocycles. The van der Waals surface area contributed by atoms with Gasteiger partial charge in [0, 0.05) is 11.3 Å². The van der Waals surface area contributed by atoms with Gasteiger partial charge in [-0.05, 0) is 17.7 Å². The molecular formula is C13H13Cl2NO2. The molecule has 2 aromatic carbocycles. The first-order valence-electron chi connectivity index (χ1n) is 4.87. The van der Waals surface area contributed by atoms with Gasteiger partial charge in [-0.2, -0.15) is 0 Å². The zero-order valence-corrected chi connectivity index (χ0v) is 11.0. The van der Waals surface area contributed by atoms with Crippen LogP contribution in [-0.4, -0.2) is 11.1 Å². The summed E-state index contributed by atoms with van der Waals surface area (Å²) in [5.41, 5.74) is 8.35. The van der Waals surface area contributed by atoms with E-state index < -0.39 is 5.97 Å². The van der Waals surface area contributed by atoms with Crippen molar-refractivity contribution >= 4 is 36.5 Å². The fourth-order valence-corrected chi connectivity index (χ4v) is 1.58. The number of nitrogens with two attached hydrogens (primary N) is 1. The molecule has 0 aliphatic heterocycles. The van der Waals surface area contributed by atoms with Crippen LogP contribution < -0.4 is 5.73 Å². The number of nitrogen functional groups attached to an aromatic ring is 1. The molecule has 0 spiro atoms. The maximum absolute atomic E-state index is 10.7. The normalized spacial score (nSPS) is 8.89. The number of aromatic carboxylic acids is 1. The van der Waals surface area contributed by atoms with E-state index in [1.807, 2.05) is 30.3 Å². The summed E-state index contributed by atoms with van der Waals surface area (Å²) in [6, 6.07) is 14.4. The van der Waals surface area contributed by atoms with Crippen LogP contribution in [0, 0.1) is 0 Å². The predicted molar refractivity (Wildman–Crippen MR) is 77.7 cm³/mol. The molecule has 5 heteroatoms. The highest BCUT2D eigenvalue weighted by molar-refractivity contribution is 5.91. The topological polar surface area (TPSA) is 63.3 Å². The lowest BCUT2D eigenvalue weighted by Gasteiger charge is -2.06. The van der Waals surface area contributed by atoms with Crippen LogP contribution in [0.2, 0.25) is 0 Å². The quantitative estimate of drug-likeness (QED) is 0.831. The van der Waals surface area contributed by atoms with Gasteiger partial charge in [0.15, 0.2) is 0 Å². The van der Waals surface area contributed by atoms with Crippen LogP contribution in [0.5, 0.6) is 0 Å². The van der Waals surface area contributed by atoms with Crippen molar-refractivity contribution in [2.24, 2.45) is 0 Å². The first-order chi connectivity index (χ1) is 7.68. The first kappa shape index (κ1) is 16.3. The molecule has 3 nitrogen and oxygen atoms in total. The van der Waals surface area contributed by atoms with Crippen molar-refractivity contribution in [3.63, 3.8) is 0 Å². The van der Waals surface area contributed by atoms with Crippen molar-refractivity contribution in [3.05, 3.63) is 54.1 Å². The summed E-state index contributed by atoms with van der Waals surface area (Å²) in [5, 5.41) is 8.82. The molecule has 0 heterocycles. The number of benzene rings is 2. The van der Waals surface area contributed by atoms with Crippen LogP contribution in [-0.2, 0) is 0 Å².